The van der Waals surface area contributed by atoms with Gasteiger partial charge in [-0.15, -0.1) is 0 Å². The van der Waals surface area contributed by atoms with Gasteiger partial charge in [-0.3, -0.25) is 0 Å². The Balaban J connectivity index is 0.000000135. The molecule has 12 aromatic rings. The van der Waals surface area contributed by atoms with E-state index in [1.807, 2.05) is 0 Å². The highest BCUT2D eigenvalue weighted by atomic mass is 14.9. The number of benzene rings is 12. The predicted octanol–water partition coefficient (Wildman–Crippen LogP) is 21.8. The van der Waals surface area contributed by atoms with E-state index in [9.17, 15) is 0 Å². The molecule has 1 heteroatoms. The van der Waals surface area contributed by atoms with Gasteiger partial charge >= 0.3 is 0 Å². The fraction of sp³-hybridized carbons (Fsp3) is 0.143. The summed E-state index contributed by atoms with van der Waals surface area (Å²) in [6.07, 6.45) is 18.2. The number of allylic oxidation sites excluding steroid dienone is 7. The van der Waals surface area contributed by atoms with Gasteiger partial charge in [0, 0.05) is 11.7 Å². The fourth-order valence-electron chi connectivity index (χ4n) is 17.4. The number of rotatable bonds is 4. The molecule has 0 radical (unpaired) electrons. The predicted molar refractivity (Wildman–Crippen MR) is 361 cm³/mol. The van der Waals surface area contributed by atoms with Crippen LogP contribution in [0.4, 0.5) is 5.69 Å². The monoisotopic (exact) mass is 1090 g/mol. The summed E-state index contributed by atoms with van der Waals surface area (Å²) >= 11 is 0. The fourth-order valence-corrected chi connectivity index (χ4v) is 17.4. The Morgan fingerprint density at radius 2 is 1.08 bits per heavy atom. The minimum Gasteiger partial charge on any atom is -0.379 e. The van der Waals surface area contributed by atoms with Crippen LogP contribution in [0.25, 0.3) is 92.8 Å². The molecule has 6 aliphatic rings. The van der Waals surface area contributed by atoms with Crippen molar-refractivity contribution >= 4 is 65.1 Å². The minimum absolute atomic E-state index is 0.305. The Bertz CT molecular complexity index is 5020. The average molecular weight is 1090 g/mol. The first kappa shape index (κ1) is 50.0. The third kappa shape index (κ3) is 6.70. The van der Waals surface area contributed by atoms with E-state index in [0.717, 1.165) is 6.42 Å². The van der Waals surface area contributed by atoms with Gasteiger partial charge in [-0.25, -0.2) is 0 Å². The Labute approximate surface area is 498 Å². The zero-order chi connectivity index (χ0) is 56.9. The van der Waals surface area contributed by atoms with Gasteiger partial charge in [0.1, 0.15) is 0 Å². The molecule has 1 N–H and O–H groups in total. The summed E-state index contributed by atoms with van der Waals surface area (Å²) in [6, 6.07) is 78.8. The smallest absolute Gasteiger partial charge is 0.0737 e. The van der Waals surface area contributed by atoms with E-state index in [-0.39, 0.29) is 5.41 Å². The van der Waals surface area contributed by atoms with Crippen molar-refractivity contribution in [3.63, 3.8) is 0 Å². The van der Waals surface area contributed by atoms with Crippen molar-refractivity contribution in [2.75, 3.05) is 5.32 Å². The average Bonchev–Trinajstić information content (AvgIpc) is 1.51. The first-order chi connectivity index (χ1) is 41.8. The molecule has 406 valence electrons. The van der Waals surface area contributed by atoms with Crippen molar-refractivity contribution in [1.82, 2.24) is 0 Å². The molecule has 18 rings (SSSR count). The van der Waals surface area contributed by atoms with Crippen LogP contribution in [-0.2, 0) is 17.3 Å². The van der Waals surface area contributed by atoms with E-state index in [4.69, 9.17) is 0 Å². The molecule has 85 heavy (non-hydrogen) atoms. The van der Waals surface area contributed by atoms with E-state index in [1.165, 1.54) is 173 Å². The highest BCUT2D eigenvalue weighted by molar-refractivity contribution is 6.23. The van der Waals surface area contributed by atoms with E-state index < -0.39 is 5.41 Å². The molecule has 0 aliphatic heterocycles. The molecule has 3 unspecified atom stereocenters. The van der Waals surface area contributed by atoms with Crippen molar-refractivity contribution in [2.24, 2.45) is 0 Å². The van der Waals surface area contributed by atoms with Gasteiger partial charge in [-0.05, 0) is 219 Å². The maximum Gasteiger partial charge on any atom is 0.0737 e. The molecule has 3 atom stereocenters. The summed E-state index contributed by atoms with van der Waals surface area (Å²) in [7, 11) is 0. The lowest BCUT2D eigenvalue weighted by Crippen LogP contribution is -2.29. The summed E-state index contributed by atoms with van der Waals surface area (Å²) in [5.41, 5.74) is 28.4. The van der Waals surface area contributed by atoms with Gasteiger partial charge in [-0.2, -0.15) is 0 Å². The molecule has 2 spiro atoms. The highest BCUT2D eigenvalue weighted by Gasteiger charge is 2.56. The normalized spacial score (nSPS) is 18.8. The first-order valence-corrected chi connectivity index (χ1v) is 30.9. The molecule has 12 aromatic carbocycles. The van der Waals surface area contributed by atoms with Crippen molar-refractivity contribution in [3.8, 4) is 33.4 Å². The SMILES string of the molecule is C=CC1=C(/C=C\C)C2(c3ccccc31)c1c(ccc3ccccc13)-c1c2c2ccc(C)cc2c2ccccc12.CC1=CCC(Nc2ccc3c4c(c5ccccc5c3c2)-c2ccc3c(c2C42c4ccccc4-c4ccccc42)C(C)CCC3)C=C1. The molecule has 0 bridgehead atoms. The summed E-state index contributed by atoms with van der Waals surface area (Å²) in [5, 5.41) is 17.1. The van der Waals surface area contributed by atoms with Crippen molar-refractivity contribution in [1.29, 1.82) is 0 Å². The zero-order valence-electron chi connectivity index (χ0n) is 48.8. The Morgan fingerprint density at radius 1 is 0.506 bits per heavy atom. The Kier molecular flexibility index (Phi) is 11.0. The van der Waals surface area contributed by atoms with Gasteiger partial charge in [-0.1, -0.05) is 255 Å². The van der Waals surface area contributed by atoms with Crippen LogP contribution in [0.15, 0.2) is 260 Å². The summed E-state index contributed by atoms with van der Waals surface area (Å²) < 4.78 is 0. The number of nitrogens with one attached hydrogen (secondary N) is 1. The number of hydrogen-bond acceptors (Lipinski definition) is 1. The Hall–Kier alpha value is -9.56. The quantitative estimate of drug-likeness (QED) is 0.173. The van der Waals surface area contributed by atoms with Crippen LogP contribution in [0.3, 0.4) is 0 Å². The van der Waals surface area contributed by atoms with Gasteiger partial charge in [0.15, 0.2) is 0 Å². The van der Waals surface area contributed by atoms with Gasteiger partial charge in [0.2, 0.25) is 0 Å². The maximum absolute atomic E-state index is 4.33. The second-order valence-corrected chi connectivity index (χ2v) is 24.9. The van der Waals surface area contributed by atoms with Gasteiger partial charge in [0.05, 0.1) is 10.8 Å². The maximum atomic E-state index is 4.33. The first-order valence-electron chi connectivity index (χ1n) is 30.9. The molecule has 0 amide bonds. The molecule has 0 fully saturated rings. The largest absolute Gasteiger partial charge is 0.379 e. The van der Waals surface area contributed by atoms with E-state index in [2.05, 4.69) is 282 Å². The molecule has 1 nitrogen and oxygen atoms in total. The Morgan fingerprint density at radius 3 is 1.75 bits per heavy atom. The summed E-state index contributed by atoms with van der Waals surface area (Å²) in [6.45, 7) is 13.3. The number of anilines is 1. The highest BCUT2D eigenvalue weighted by Crippen LogP contribution is 2.69. The third-order valence-electron chi connectivity index (χ3n) is 20.5. The van der Waals surface area contributed by atoms with Crippen LogP contribution in [0.2, 0.25) is 0 Å². The van der Waals surface area contributed by atoms with Crippen LogP contribution in [0.1, 0.15) is 107 Å². The second kappa shape index (κ2) is 18.7. The molecule has 0 heterocycles. The standard InChI is InChI=1S/C45H37N.C39H28/c1-27-18-21-30(22-19-27)46-31-23-25-36-38(26-31)32-12-3-4-15-35(32)42-37-24-20-29-11-9-10-28(2)41(29)44(37)45(43(36)42)39-16-7-5-13-33(39)34-14-6-8-17-40(34)45;1-4-12-34-26(5-2)29-16-10-11-18-35(29)39(34)37-27-14-7-6-13-25(27)20-22-32(37)36-30-17-9-8-15-28(30)33-23-24(3)19-21-31(33)38(36)39/h3-8,12-21,23-26,28,30,46H,9-11,22H2,1-2H3;4-23H,2H2,1,3H3/b;12-4-. The topological polar surface area (TPSA) is 12.0 Å². The third-order valence-corrected chi connectivity index (χ3v) is 20.5. The van der Waals surface area contributed by atoms with Crippen LogP contribution < -0.4 is 5.32 Å². The molecule has 0 saturated carbocycles. The van der Waals surface area contributed by atoms with E-state index in [1.54, 1.807) is 16.7 Å². The lowest BCUT2D eigenvalue weighted by molar-refractivity contribution is 0.578. The minimum atomic E-state index is -0.449. The van der Waals surface area contributed by atoms with Crippen molar-refractivity contribution < 1.29 is 0 Å². The molecular weight excluding hydrogens is 1020 g/mol. The molecule has 6 aliphatic carbocycles. The van der Waals surface area contributed by atoms with Crippen molar-refractivity contribution in [3.05, 3.63) is 322 Å². The second-order valence-electron chi connectivity index (χ2n) is 24.9. The van der Waals surface area contributed by atoms with Crippen LogP contribution in [-0.4, -0.2) is 6.04 Å². The van der Waals surface area contributed by atoms with Gasteiger partial charge in [0.25, 0.3) is 0 Å². The van der Waals surface area contributed by atoms with Gasteiger partial charge < -0.3 is 5.32 Å². The molecular formula is C84H65N. The van der Waals surface area contributed by atoms with E-state index in [0.29, 0.717) is 12.0 Å². The summed E-state index contributed by atoms with van der Waals surface area (Å²) in [5.74, 6) is 0.527. The van der Waals surface area contributed by atoms with Crippen LogP contribution >= 0.6 is 0 Å². The zero-order valence-corrected chi connectivity index (χ0v) is 48.8. The lowest BCUT2D eigenvalue weighted by atomic mass is 9.65. The number of hydrogen-bond donors (Lipinski definition) is 1. The summed E-state index contributed by atoms with van der Waals surface area (Å²) in [4.78, 5) is 0. The molecule has 0 aromatic heterocycles. The van der Waals surface area contributed by atoms with Crippen LogP contribution in [0.5, 0.6) is 0 Å². The molecule has 0 saturated heterocycles. The van der Waals surface area contributed by atoms with Crippen LogP contribution in [0, 0.1) is 6.92 Å². The number of aryl methyl sites for hydroxylation is 2. The van der Waals surface area contributed by atoms with E-state index >= 15 is 0 Å². The van der Waals surface area contributed by atoms with Crippen molar-refractivity contribution in [2.45, 2.75) is 76.2 Å². The number of fused-ring (bicyclic) bond motifs is 31. The lowest BCUT2D eigenvalue weighted by Gasteiger charge is -2.36.